The normalized spacial score (nSPS) is 38.6. The molecule has 3 unspecified atom stereocenters. The van der Waals surface area contributed by atoms with Crippen molar-refractivity contribution in [2.24, 2.45) is 17.8 Å². The lowest BCUT2D eigenvalue weighted by Crippen LogP contribution is -2.29. The minimum Gasteiger partial charge on any atom is -0.393 e. The standard InChI is InChI=1S/C13H24O/c1-2-3-10-6-7-13(14)12(8-10)9-11-4-5-11/h10-14H,2-9H2,1H3. The van der Waals surface area contributed by atoms with Crippen molar-refractivity contribution in [3.8, 4) is 0 Å². The van der Waals surface area contributed by atoms with Crippen LogP contribution in [-0.2, 0) is 0 Å². The first-order chi connectivity index (χ1) is 6.79. The monoisotopic (exact) mass is 196 g/mol. The van der Waals surface area contributed by atoms with E-state index in [2.05, 4.69) is 6.92 Å². The van der Waals surface area contributed by atoms with Crippen molar-refractivity contribution in [3.05, 3.63) is 0 Å². The molecule has 0 radical (unpaired) electrons. The molecule has 0 saturated heterocycles. The molecule has 0 heterocycles. The van der Waals surface area contributed by atoms with E-state index >= 15 is 0 Å². The van der Waals surface area contributed by atoms with Gasteiger partial charge >= 0.3 is 0 Å². The first-order valence-corrected chi connectivity index (χ1v) is 6.47. The Morgan fingerprint density at radius 1 is 1.07 bits per heavy atom. The summed E-state index contributed by atoms with van der Waals surface area (Å²) in [5.74, 6) is 2.55. The van der Waals surface area contributed by atoms with Gasteiger partial charge in [0.1, 0.15) is 0 Å². The molecule has 0 aromatic heterocycles. The van der Waals surface area contributed by atoms with Crippen LogP contribution in [0.5, 0.6) is 0 Å². The Bertz CT molecular complexity index is 174. The Balaban J connectivity index is 1.79. The summed E-state index contributed by atoms with van der Waals surface area (Å²) in [4.78, 5) is 0. The van der Waals surface area contributed by atoms with Crippen LogP contribution in [0.3, 0.4) is 0 Å². The van der Waals surface area contributed by atoms with E-state index in [4.69, 9.17) is 0 Å². The lowest BCUT2D eigenvalue weighted by molar-refractivity contribution is 0.0391. The predicted octanol–water partition coefficient (Wildman–Crippen LogP) is 3.36. The van der Waals surface area contributed by atoms with Crippen molar-refractivity contribution in [2.45, 2.75) is 64.4 Å². The molecule has 0 aromatic carbocycles. The van der Waals surface area contributed by atoms with Gasteiger partial charge in [-0.3, -0.25) is 0 Å². The molecule has 1 N–H and O–H groups in total. The molecular weight excluding hydrogens is 172 g/mol. The average Bonchev–Trinajstić information content (AvgIpc) is 2.95. The van der Waals surface area contributed by atoms with E-state index in [0.717, 1.165) is 18.3 Å². The van der Waals surface area contributed by atoms with Crippen LogP contribution in [0.1, 0.15) is 58.3 Å². The minimum atomic E-state index is 0.0312. The third-order valence-corrected chi connectivity index (χ3v) is 4.08. The van der Waals surface area contributed by atoms with Gasteiger partial charge in [0.15, 0.2) is 0 Å². The summed E-state index contributed by atoms with van der Waals surface area (Å²) < 4.78 is 0. The summed E-state index contributed by atoms with van der Waals surface area (Å²) in [6, 6.07) is 0. The summed E-state index contributed by atoms with van der Waals surface area (Å²) in [7, 11) is 0. The van der Waals surface area contributed by atoms with Gasteiger partial charge in [-0.1, -0.05) is 32.6 Å². The fraction of sp³-hybridized carbons (Fsp3) is 1.00. The summed E-state index contributed by atoms with van der Waals surface area (Å²) >= 11 is 0. The van der Waals surface area contributed by atoms with Crippen molar-refractivity contribution in [1.29, 1.82) is 0 Å². The molecule has 1 heteroatoms. The van der Waals surface area contributed by atoms with Gasteiger partial charge in [-0.2, -0.15) is 0 Å². The largest absolute Gasteiger partial charge is 0.393 e. The second kappa shape index (κ2) is 4.65. The van der Waals surface area contributed by atoms with Gasteiger partial charge in [0.2, 0.25) is 0 Å². The highest BCUT2D eigenvalue weighted by Crippen LogP contribution is 2.42. The van der Waals surface area contributed by atoms with Crippen LogP contribution in [0.2, 0.25) is 0 Å². The molecule has 82 valence electrons. The van der Waals surface area contributed by atoms with Gasteiger partial charge < -0.3 is 5.11 Å². The van der Waals surface area contributed by atoms with Crippen LogP contribution in [0.15, 0.2) is 0 Å². The van der Waals surface area contributed by atoms with Gasteiger partial charge in [-0.15, -0.1) is 0 Å². The SMILES string of the molecule is CCCC1CCC(O)C(CC2CC2)C1. The molecule has 0 amide bonds. The Kier molecular flexibility index (Phi) is 3.48. The van der Waals surface area contributed by atoms with Gasteiger partial charge in [0, 0.05) is 0 Å². The Morgan fingerprint density at radius 2 is 1.79 bits per heavy atom. The highest BCUT2D eigenvalue weighted by molar-refractivity contribution is 4.85. The minimum absolute atomic E-state index is 0.0312. The molecule has 2 fully saturated rings. The molecule has 2 saturated carbocycles. The fourth-order valence-corrected chi connectivity index (χ4v) is 3.05. The zero-order chi connectivity index (χ0) is 9.97. The Labute approximate surface area is 87.9 Å². The highest BCUT2D eigenvalue weighted by Gasteiger charge is 2.33. The van der Waals surface area contributed by atoms with Gasteiger partial charge in [0.25, 0.3) is 0 Å². The zero-order valence-corrected chi connectivity index (χ0v) is 9.41. The number of aliphatic hydroxyl groups is 1. The molecule has 3 atom stereocenters. The van der Waals surface area contributed by atoms with E-state index in [1.807, 2.05) is 0 Å². The van der Waals surface area contributed by atoms with E-state index in [1.165, 1.54) is 44.9 Å². The molecule has 0 spiro atoms. The summed E-state index contributed by atoms with van der Waals surface area (Å²) in [6.07, 6.45) is 10.6. The summed E-state index contributed by atoms with van der Waals surface area (Å²) in [6.45, 7) is 2.28. The quantitative estimate of drug-likeness (QED) is 0.731. The van der Waals surface area contributed by atoms with Gasteiger partial charge in [0.05, 0.1) is 6.10 Å². The maximum Gasteiger partial charge on any atom is 0.0568 e. The van der Waals surface area contributed by atoms with Gasteiger partial charge in [-0.25, -0.2) is 0 Å². The lowest BCUT2D eigenvalue weighted by Gasteiger charge is -2.33. The lowest BCUT2D eigenvalue weighted by atomic mass is 9.75. The molecular formula is C13H24O. The summed E-state index contributed by atoms with van der Waals surface area (Å²) in [5.41, 5.74) is 0. The van der Waals surface area contributed by atoms with Crippen LogP contribution in [0.4, 0.5) is 0 Å². The maximum atomic E-state index is 9.93. The first kappa shape index (κ1) is 10.5. The Hall–Kier alpha value is -0.0400. The first-order valence-electron chi connectivity index (χ1n) is 6.47. The van der Waals surface area contributed by atoms with Crippen LogP contribution >= 0.6 is 0 Å². The number of rotatable bonds is 4. The van der Waals surface area contributed by atoms with Crippen LogP contribution in [0.25, 0.3) is 0 Å². The summed E-state index contributed by atoms with van der Waals surface area (Å²) in [5, 5.41) is 9.93. The van der Waals surface area contributed by atoms with Crippen LogP contribution in [-0.4, -0.2) is 11.2 Å². The second-order valence-electron chi connectivity index (χ2n) is 5.47. The van der Waals surface area contributed by atoms with Crippen molar-refractivity contribution in [2.75, 3.05) is 0 Å². The molecule has 0 bridgehead atoms. The predicted molar refractivity (Wildman–Crippen MR) is 59.1 cm³/mol. The van der Waals surface area contributed by atoms with Crippen molar-refractivity contribution in [1.82, 2.24) is 0 Å². The topological polar surface area (TPSA) is 20.2 Å². The molecule has 2 aliphatic rings. The molecule has 14 heavy (non-hydrogen) atoms. The molecule has 2 rings (SSSR count). The van der Waals surface area contributed by atoms with Gasteiger partial charge in [-0.05, 0) is 43.4 Å². The van der Waals surface area contributed by atoms with E-state index in [-0.39, 0.29) is 6.10 Å². The fourth-order valence-electron chi connectivity index (χ4n) is 3.05. The highest BCUT2D eigenvalue weighted by atomic mass is 16.3. The van der Waals surface area contributed by atoms with Crippen molar-refractivity contribution in [3.63, 3.8) is 0 Å². The van der Waals surface area contributed by atoms with E-state index in [0.29, 0.717) is 5.92 Å². The van der Waals surface area contributed by atoms with E-state index in [1.54, 1.807) is 0 Å². The second-order valence-corrected chi connectivity index (χ2v) is 5.47. The number of aliphatic hydroxyl groups excluding tert-OH is 1. The zero-order valence-electron chi connectivity index (χ0n) is 9.41. The third kappa shape index (κ3) is 2.73. The Morgan fingerprint density at radius 3 is 2.43 bits per heavy atom. The van der Waals surface area contributed by atoms with Crippen molar-refractivity contribution >= 4 is 0 Å². The van der Waals surface area contributed by atoms with Crippen LogP contribution in [0, 0.1) is 17.8 Å². The molecule has 0 aliphatic heterocycles. The average molecular weight is 196 g/mol. The smallest absolute Gasteiger partial charge is 0.0568 e. The maximum absolute atomic E-state index is 9.93. The van der Waals surface area contributed by atoms with Crippen LogP contribution < -0.4 is 0 Å². The van der Waals surface area contributed by atoms with Crippen molar-refractivity contribution < 1.29 is 5.11 Å². The number of hydrogen-bond donors (Lipinski definition) is 1. The molecule has 1 nitrogen and oxygen atoms in total. The molecule has 0 aromatic rings. The number of hydrogen-bond acceptors (Lipinski definition) is 1. The molecule has 2 aliphatic carbocycles. The third-order valence-electron chi connectivity index (χ3n) is 4.08. The van der Waals surface area contributed by atoms with E-state index in [9.17, 15) is 5.11 Å². The van der Waals surface area contributed by atoms with E-state index < -0.39 is 0 Å².